The van der Waals surface area contributed by atoms with Gasteiger partial charge in [-0.3, -0.25) is 14.4 Å². The lowest BCUT2D eigenvalue weighted by atomic mass is 10.1. The Balaban J connectivity index is 1.56. The van der Waals surface area contributed by atoms with E-state index in [0.717, 1.165) is 27.9 Å². The second-order valence-corrected chi connectivity index (χ2v) is 8.49. The molecule has 3 N–H and O–H groups in total. The van der Waals surface area contributed by atoms with E-state index in [0.29, 0.717) is 22.7 Å². The van der Waals surface area contributed by atoms with Crippen LogP contribution >= 0.6 is 0 Å². The maximum Gasteiger partial charge on any atom is 0.329 e. The molecule has 37 heavy (non-hydrogen) atoms. The molecule has 0 aliphatic heterocycles. The number of hydrazone groups is 1. The first-order chi connectivity index (χ1) is 17.7. The summed E-state index contributed by atoms with van der Waals surface area (Å²) < 4.78 is 11.0. The zero-order valence-corrected chi connectivity index (χ0v) is 21.5. The molecule has 192 valence electrons. The fourth-order valence-electron chi connectivity index (χ4n) is 3.69. The van der Waals surface area contributed by atoms with E-state index < -0.39 is 11.8 Å². The summed E-state index contributed by atoms with van der Waals surface area (Å²) >= 11 is 0. The van der Waals surface area contributed by atoms with E-state index >= 15 is 0 Å². The van der Waals surface area contributed by atoms with Gasteiger partial charge in [-0.05, 0) is 74.2 Å². The highest BCUT2D eigenvalue weighted by molar-refractivity contribution is 6.39. The molecule has 3 aromatic carbocycles. The van der Waals surface area contributed by atoms with Crippen LogP contribution in [0.2, 0.25) is 0 Å². The summed E-state index contributed by atoms with van der Waals surface area (Å²) in [6.07, 6.45) is 1.36. The molecule has 0 atom stereocenters. The van der Waals surface area contributed by atoms with Gasteiger partial charge in [-0.2, -0.15) is 5.10 Å². The monoisotopic (exact) mass is 502 g/mol. The van der Waals surface area contributed by atoms with Crippen molar-refractivity contribution in [2.45, 2.75) is 27.7 Å². The Hall–Kier alpha value is -4.66. The Kier molecular flexibility index (Phi) is 8.99. The van der Waals surface area contributed by atoms with Crippen LogP contribution in [0.3, 0.4) is 0 Å². The molecule has 0 aromatic heterocycles. The van der Waals surface area contributed by atoms with Crippen molar-refractivity contribution in [3.8, 4) is 11.5 Å². The van der Waals surface area contributed by atoms with E-state index in [4.69, 9.17) is 9.47 Å². The molecule has 0 fully saturated rings. The molecule has 0 radical (unpaired) electrons. The Morgan fingerprint density at radius 1 is 0.838 bits per heavy atom. The molecule has 3 rings (SSSR count). The number of carbonyl (C=O) groups is 3. The summed E-state index contributed by atoms with van der Waals surface area (Å²) in [6, 6.07) is 16.1. The standard InChI is InChI=1S/C28H30N4O5/c1-17-12-19(3)26(20(4)13-17)31-25(33)16-37-23-11-10-21(14-24(23)36-5)15-29-32-28(35)27(34)30-22-9-7-6-8-18(22)2/h6-15H,16H2,1-5H3,(H,30,34)(H,31,33)(H,32,35)/b29-15-. The number of hydrogen-bond acceptors (Lipinski definition) is 6. The van der Waals surface area contributed by atoms with Crippen molar-refractivity contribution in [3.05, 3.63) is 82.4 Å². The Morgan fingerprint density at radius 2 is 1.54 bits per heavy atom. The smallest absolute Gasteiger partial charge is 0.329 e. The van der Waals surface area contributed by atoms with Crippen LogP contribution in [0.1, 0.15) is 27.8 Å². The minimum absolute atomic E-state index is 0.206. The van der Waals surface area contributed by atoms with Gasteiger partial charge in [-0.1, -0.05) is 35.9 Å². The number of ether oxygens (including phenoxy) is 2. The molecule has 0 bridgehead atoms. The molecule has 0 aliphatic carbocycles. The van der Waals surface area contributed by atoms with Crippen LogP contribution in [0.15, 0.2) is 59.7 Å². The highest BCUT2D eigenvalue weighted by atomic mass is 16.5. The van der Waals surface area contributed by atoms with Gasteiger partial charge in [0.2, 0.25) is 0 Å². The van der Waals surface area contributed by atoms with Gasteiger partial charge in [0.25, 0.3) is 5.91 Å². The summed E-state index contributed by atoms with van der Waals surface area (Å²) in [4.78, 5) is 36.6. The average molecular weight is 503 g/mol. The van der Waals surface area contributed by atoms with E-state index in [2.05, 4.69) is 21.2 Å². The number of nitrogens with zero attached hydrogens (tertiary/aromatic N) is 1. The molecular formula is C28H30N4O5. The predicted octanol–water partition coefficient (Wildman–Crippen LogP) is 4.04. The van der Waals surface area contributed by atoms with Crippen molar-refractivity contribution in [1.82, 2.24) is 5.43 Å². The molecule has 0 unspecified atom stereocenters. The molecular weight excluding hydrogens is 472 g/mol. The zero-order chi connectivity index (χ0) is 26.9. The molecule has 0 saturated heterocycles. The van der Waals surface area contributed by atoms with Gasteiger partial charge >= 0.3 is 11.8 Å². The zero-order valence-electron chi connectivity index (χ0n) is 21.5. The molecule has 0 aliphatic rings. The van der Waals surface area contributed by atoms with E-state index in [1.807, 2.05) is 52.0 Å². The van der Waals surface area contributed by atoms with Crippen molar-refractivity contribution in [3.63, 3.8) is 0 Å². The van der Waals surface area contributed by atoms with Gasteiger partial charge in [0.15, 0.2) is 18.1 Å². The number of methoxy groups -OCH3 is 1. The summed E-state index contributed by atoms with van der Waals surface area (Å²) in [6.45, 7) is 7.51. The van der Waals surface area contributed by atoms with E-state index in [1.165, 1.54) is 13.3 Å². The number of hydrogen-bond donors (Lipinski definition) is 3. The van der Waals surface area contributed by atoms with Crippen LogP contribution in [0.4, 0.5) is 11.4 Å². The van der Waals surface area contributed by atoms with E-state index in [9.17, 15) is 14.4 Å². The minimum atomic E-state index is -0.906. The summed E-state index contributed by atoms with van der Waals surface area (Å²) in [5.41, 5.74) is 8.01. The summed E-state index contributed by atoms with van der Waals surface area (Å²) in [5.74, 6) is -1.29. The largest absolute Gasteiger partial charge is 0.493 e. The Morgan fingerprint density at radius 3 is 2.22 bits per heavy atom. The summed E-state index contributed by atoms with van der Waals surface area (Å²) in [5, 5.41) is 9.26. The quantitative estimate of drug-likeness (QED) is 0.244. The Labute approximate surface area is 215 Å². The predicted molar refractivity (Wildman–Crippen MR) is 143 cm³/mol. The highest BCUT2D eigenvalue weighted by Gasteiger charge is 2.14. The molecule has 9 nitrogen and oxygen atoms in total. The van der Waals surface area contributed by atoms with Crippen molar-refractivity contribution in [1.29, 1.82) is 0 Å². The lowest BCUT2D eigenvalue weighted by molar-refractivity contribution is -0.136. The normalized spacial score (nSPS) is 10.6. The van der Waals surface area contributed by atoms with Crippen molar-refractivity contribution >= 4 is 35.3 Å². The van der Waals surface area contributed by atoms with Gasteiger partial charge in [0, 0.05) is 11.4 Å². The van der Waals surface area contributed by atoms with Gasteiger partial charge in [-0.25, -0.2) is 5.43 Å². The highest BCUT2D eigenvalue weighted by Crippen LogP contribution is 2.28. The second-order valence-electron chi connectivity index (χ2n) is 8.49. The molecule has 9 heteroatoms. The minimum Gasteiger partial charge on any atom is -0.493 e. The van der Waals surface area contributed by atoms with E-state index in [-0.39, 0.29) is 12.5 Å². The van der Waals surface area contributed by atoms with Gasteiger partial charge in [-0.15, -0.1) is 0 Å². The number of carbonyl (C=O) groups excluding carboxylic acids is 3. The van der Waals surface area contributed by atoms with Crippen LogP contribution in [0, 0.1) is 27.7 Å². The lowest BCUT2D eigenvalue weighted by Crippen LogP contribution is -2.32. The van der Waals surface area contributed by atoms with E-state index in [1.54, 1.807) is 30.3 Å². The fourth-order valence-corrected chi connectivity index (χ4v) is 3.69. The maximum absolute atomic E-state index is 12.5. The average Bonchev–Trinajstić information content (AvgIpc) is 2.86. The molecule has 0 heterocycles. The van der Waals surface area contributed by atoms with Crippen molar-refractivity contribution < 1.29 is 23.9 Å². The SMILES string of the molecule is COc1cc(/C=N\NC(=O)C(=O)Nc2ccccc2C)ccc1OCC(=O)Nc1c(C)cc(C)cc1C. The number of benzene rings is 3. The number of anilines is 2. The number of aryl methyl sites for hydroxylation is 4. The second kappa shape index (κ2) is 12.3. The first kappa shape index (κ1) is 26.9. The van der Waals surface area contributed by atoms with Crippen LogP contribution in [0.5, 0.6) is 11.5 Å². The van der Waals surface area contributed by atoms with Gasteiger partial charge in [0.05, 0.1) is 13.3 Å². The maximum atomic E-state index is 12.5. The van der Waals surface area contributed by atoms with Crippen molar-refractivity contribution in [2.24, 2.45) is 5.10 Å². The number of rotatable bonds is 8. The molecule has 0 saturated carbocycles. The lowest BCUT2D eigenvalue weighted by Gasteiger charge is -2.14. The first-order valence-corrected chi connectivity index (χ1v) is 11.6. The number of amides is 3. The third kappa shape index (κ3) is 7.41. The first-order valence-electron chi connectivity index (χ1n) is 11.6. The molecule has 0 spiro atoms. The number of para-hydroxylation sites is 1. The van der Waals surface area contributed by atoms with Crippen LogP contribution in [-0.2, 0) is 14.4 Å². The Bertz CT molecular complexity index is 1330. The summed E-state index contributed by atoms with van der Waals surface area (Å²) in [7, 11) is 1.47. The van der Waals surface area contributed by atoms with Crippen LogP contribution in [0.25, 0.3) is 0 Å². The molecule has 3 aromatic rings. The topological polar surface area (TPSA) is 118 Å². The molecule has 3 amide bonds. The van der Waals surface area contributed by atoms with Crippen LogP contribution in [-0.4, -0.2) is 37.7 Å². The van der Waals surface area contributed by atoms with Gasteiger partial charge in [0.1, 0.15) is 0 Å². The third-order valence-electron chi connectivity index (χ3n) is 5.47. The van der Waals surface area contributed by atoms with Gasteiger partial charge < -0.3 is 20.1 Å². The number of nitrogens with one attached hydrogen (secondary N) is 3. The third-order valence-corrected chi connectivity index (χ3v) is 5.47. The fraction of sp³-hybridized carbons (Fsp3) is 0.214. The van der Waals surface area contributed by atoms with Crippen LogP contribution < -0.4 is 25.5 Å². The van der Waals surface area contributed by atoms with Crippen molar-refractivity contribution in [2.75, 3.05) is 24.4 Å².